The minimum absolute atomic E-state index is 0.0417. The van der Waals surface area contributed by atoms with Gasteiger partial charge in [0.2, 0.25) is 5.91 Å². The van der Waals surface area contributed by atoms with Gasteiger partial charge >= 0.3 is 0 Å². The molecular weight excluding hydrogens is 302 g/mol. The average Bonchev–Trinajstić information content (AvgIpc) is 3.37. The number of hydrogen-bond acceptors (Lipinski definition) is 4. The molecule has 1 aromatic heterocycles. The van der Waals surface area contributed by atoms with E-state index in [0.29, 0.717) is 12.0 Å². The van der Waals surface area contributed by atoms with Gasteiger partial charge in [0.15, 0.2) is 0 Å². The van der Waals surface area contributed by atoms with E-state index < -0.39 is 0 Å². The number of fused-ring (bicyclic) bond motifs is 1. The lowest BCUT2D eigenvalue weighted by atomic mass is 9.95. The zero-order valence-corrected chi connectivity index (χ0v) is 14.7. The molecule has 1 amide bonds. The molecule has 2 fully saturated rings. The van der Waals surface area contributed by atoms with Gasteiger partial charge in [-0.25, -0.2) is 0 Å². The predicted octanol–water partition coefficient (Wildman–Crippen LogP) is 1.85. The zero-order valence-electron chi connectivity index (χ0n) is 14.7. The summed E-state index contributed by atoms with van der Waals surface area (Å²) in [7, 11) is 0. The largest absolute Gasteiger partial charge is 0.352 e. The van der Waals surface area contributed by atoms with E-state index in [1.54, 1.807) is 0 Å². The van der Waals surface area contributed by atoms with Gasteiger partial charge in [-0.2, -0.15) is 0 Å². The molecule has 0 bridgehead atoms. The fourth-order valence-electron chi connectivity index (χ4n) is 4.09. The first-order chi connectivity index (χ1) is 11.7. The molecule has 3 aliphatic rings. The molecule has 1 saturated carbocycles. The highest BCUT2D eigenvalue weighted by atomic mass is 16.2. The molecule has 0 radical (unpaired) electrons. The molecule has 6 heteroatoms. The van der Waals surface area contributed by atoms with Crippen molar-refractivity contribution in [2.45, 2.75) is 82.8 Å². The number of aryl methyl sites for hydroxylation is 1. The van der Waals surface area contributed by atoms with Crippen LogP contribution in [-0.2, 0) is 17.8 Å². The minimum atomic E-state index is -0.0417. The molecule has 1 aromatic rings. The number of amides is 1. The standard InChI is InChI=1S/C18H29N5O/c1-13(18(24)19-15-8-9-15)22-10-5-6-14(12-22)17-21-20-16-7-3-2-4-11-23(16)17/h13-15H,2-12H2,1H3,(H,19,24). The molecule has 1 aliphatic carbocycles. The quantitative estimate of drug-likeness (QED) is 0.914. The molecule has 2 unspecified atom stereocenters. The van der Waals surface area contributed by atoms with Crippen LogP contribution in [0, 0.1) is 0 Å². The second kappa shape index (κ2) is 6.82. The third-order valence-corrected chi connectivity index (χ3v) is 5.81. The van der Waals surface area contributed by atoms with E-state index in [1.165, 1.54) is 25.1 Å². The molecule has 2 atom stereocenters. The Kier molecular flexibility index (Phi) is 4.57. The van der Waals surface area contributed by atoms with Crippen molar-refractivity contribution >= 4 is 5.91 Å². The lowest BCUT2D eigenvalue weighted by Gasteiger charge is -2.35. The molecule has 3 heterocycles. The van der Waals surface area contributed by atoms with E-state index in [2.05, 4.69) is 25.0 Å². The number of nitrogens with one attached hydrogen (secondary N) is 1. The lowest BCUT2D eigenvalue weighted by molar-refractivity contribution is -0.126. The van der Waals surface area contributed by atoms with E-state index >= 15 is 0 Å². The van der Waals surface area contributed by atoms with Crippen molar-refractivity contribution in [3.63, 3.8) is 0 Å². The number of likely N-dealkylation sites (tertiary alicyclic amines) is 1. The van der Waals surface area contributed by atoms with E-state index in [0.717, 1.165) is 57.6 Å². The topological polar surface area (TPSA) is 63.1 Å². The second-order valence-corrected chi connectivity index (χ2v) is 7.73. The molecule has 4 rings (SSSR count). The van der Waals surface area contributed by atoms with Crippen LogP contribution in [0.4, 0.5) is 0 Å². The highest BCUT2D eigenvalue weighted by Crippen LogP contribution is 2.29. The summed E-state index contributed by atoms with van der Waals surface area (Å²) in [6, 6.07) is 0.396. The van der Waals surface area contributed by atoms with Crippen molar-refractivity contribution in [1.29, 1.82) is 0 Å². The van der Waals surface area contributed by atoms with Gasteiger partial charge in [-0.15, -0.1) is 10.2 Å². The van der Waals surface area contributed by atoms with Gasteiger partial charge in [0.1, 0.15) is 11.6 Å². The molecule has 0 spiro atoms. The monoisotopic (exact) mass is 331 g/mol. The fourth-order valence-corrected chi connectivity index (χ4v) is 4.09. The molecule has 0 aromatic carbocycles. The van der Waals surface area contributed by atoms with E-state index in [-0.39, 0.29) is 11.9 Å². The SMILES string of the molecule is CC(C(=O)NC1CC1)N1CCCC(c2nnc3n2CCCCC3)C1. The summed E-state index contributed by atoms with van der Waals surface area (Å²) in [6.07, 6.45) is 9.39. The first-order valence-corrected chi connectivity index (χ1v) is 9.69. The molecule has 1 N–H and O–H groups in total. The Morgan fingerprint density at radius 3 is 2.83 bits per heavy atom. The highest BCUT2D eigenvalue weighted by molar-refractivity contribution is 5.81. The normalized spacial score (nSPS) is 26.5. The van der Waals surface area contributed by atoms with Crippen molar-refractivity contribution < 1.29 is 4.79 Å². The summed E-state index contributed by atoms with van der Waals surface area (Å²) in [5, 5.41) is 12.2. The Bertz CT molecular complexity index is 594. The predicted molar refractivity (Wildman–Crippen MR) is 91.8 cm³/mol. The maximum absolute atomic E-state index is 12.4. The van der Waals surface area contributed by atoms with Crippen LogP contribution >= 0.6 is 0 Å². The Morgan fingerprint density at radius 2 is 2.00 bits per heavy atom. The van der Waals surface area contributed by atoms with Crippen LogP contribution in [0.15, 0.2) is 0 Å². The van der Waals surface area contributed by atoms with Crippen LogP contribution in [0.5, 0.6) is 0 Å². The van der Waals surface area contributed by atoms with Gasteiger partial charge in [0.05, 0.1) is 6.04 Å². The minimum Gasteiger partial charge on any atom is -0.352 e. The van der Waals surface area contributed by atoms with E-state index in [4.69, 9.17) is 0 Å². The van der Waals surface area contributed by atoms with Gasteiger partial charge in [-0.3, -0.25) is 9.69 Å². The van der Waals surface area contributed by atoms with Gasteiger partial charge in [0.25, 0.3) is 0 Å². The number of piperidine rings is 1. The summed E-state index contributed by atoms with van der Waals surface area (Å²) in [6.45, 7) is 5.05. The van der Waals surface area contributed by atoms with Crippen LogP contribution in [0.1, 0.15) is 69.4 Å². The molecule has 24 heavy (non-hydrogen) atoms. The number of nitrogens with zero attached hydrogens (tertiary/aromatic N) is 4. The van der Waals surface area contributed by atoms with Gasteiger partial charge < -0.3 is 9.88 Å². The van der Waals surface area contributed by atoms with Gasteiger partial charge in [0, 0.05) is 31.5 Å². The van der Waals surface area contributed by atoms with Crippen molar-refractivity contribution in [3.8, 4) is 0 Å². The molecule has 132 valence electrons. The maximum Gasteiger partial charge on any atom is 0.237 e. The van der Waals surface area contributed by atoms with Crippen LogP contribution in [0.3, 0.4) is 0 Å². The van der Waals surface area contributed by atoms with Crippen molar-refractivity contribution in [2.75, 3.05) is 13.1 Å². The fraction of sp³-hybridized carbons (Fsp3) is 0.833. The number of rotatable bonds is 4. The van der Waals surface area contributed by atoms with Gasteiger partial charge in [-0.05, 0) is 52.0 Å². The summed E-state index contributed by atoms with van der Waals surface area (Å²) in [5.74, 6) is 2.93. The Balaban J connectivity index is 1.44. The van der Waals surface area contributed by atoms with Gasteiger partial charge in [-0.1, -0.05) is 6.42 Å². The van der Waals surface area contributed by atoms with Crippen LogP contribution in [0.25, 0.3) is 0 Å². The average molecular weight is 331 g/mol. The molecule has 2 aliphatic heterocycles. The van der Waals surface area contributed by atoms with Crippen molar-refractivity contribution in [1.82, 2.24) is 25.0 Å². The van der Waals surface area contributed by atoms with Crippen molar-refractivity contribution in [3.05, 3.63) is 11.6 Å². The first kappa shape index (κ1) is 16.1. The highest BCUT2D eigenvalue weighted by Gasteiger charge is 2.33. The number of aromatic nitrogens is 3. The summed E-state index contributed by atoms with van der Waals surface area (Å²) in [5.41, 5.74) is 0. The van der Waals surface area contributed by atoms with Crippen LogP contribution in [-0.4, -0.2) is 50.7 Å². The summed E-state index contributed by atoms with van der Waals surface area (Å²) in [4.78, 5) is 14.7. The summed E-state index contributed by atoms with van der Waals surface area (Å²) < 4.78 is 2.37. The molecule has 6 nitrogen and oxygen atoms in total. The second-order valence-electron chi connectivity index (χ2n) is 7.73. The Morgan fingerprint density at radius 1 is 1.12 bits per heavy atom. The first-order valence-electron chi connectivity index (χ1n) is 9.69. The lowest BCUT2D eigenvalue weighted by Crippen LogP contribution is -2.49. The number of hydrogen-bond donors (Lipinski definition) is 1. The maximum atomic E-state index is 12.4. The van der Waals surface area contributed by atoms with Crippen LogP contribution in [0.2, 0.25) is 0 Å². The van der Waals surface area contributed by atoms with Crippen LogP contribution < -0.4 is 5.32 Å². The smallest absolute Gasteiger partial charge is 0.237 e. The third-order valence-electron chi connectivity index (χ3n) is 5.81. The third kappa shape index (κ3) is 3.34. The van der Waals surface area contributed by atoms with E-state index in [9.17, 15) is 4.79 Å². The molecular formula is C18H29N5O. The van der Waals surface area contributed by atoms with E-state index in [1.807, 2.05) is 6.92 Å². The number of carbonyl (C=O) groups is 1. The molecule has 1 saturated heterocycles. The number of carbonyl (C=O) groups excluding carboxylic acids is 1. The summed E-state index contributed by atoms with van der Waals surface area (Å²) >= 11 is 0. The Hall–Kier alpha value is -1.43. The Labute approximate surface area is 144 Å². The zero-order chi connectivity index (χ0) is 16.5. The van der Waals surface area contributed by atoms with Crippen molar-refractivity contribution in [2.24, 2.45) is 0 Å².